The summed E-state index contributed by atoms with van der Waals surface area (Å²) in [5.74, 6) is 0.730. The van der Waals surface area contributed by atoms with E-state index in [1.807, 2.05) is 30.5 Å². The molecule has 2 amide bonds. The number of hydrogen-bond donors (Lipinski definition) is 2. The van der Waals surface area contributed by atoms with Crippen LogP contribution in [0.4, 0.5) is 10.1 Å². The van der Waals surface area contributed by atoms with Crippen molar-refractivity contribution in [2.24, 2.45) is 0 Å². The number of nitrogens with one attached hydrogen (secondary N) is 2. The predicted octanol–water partition coefficient (Wildman–Crippen LogP) is 4.68. The van der Waals surface area contributed by atoms with E-state index in [1.54, 1.807) is 18.2 Å². The number of anilines is 1. The van der Waals surface area contributed by atoms with E-state index in [2.05, 4.69) is 20.8 Å². The molecule has 0 radical (unpaired) electrons. The van der Waals surface area contributed by atoms with Crippen molar-refractivity contribution in [2.75, 3.05) is 11.1 Å². The summed E-state index contributed by atoms with van der Waals surface area (Å²) < 4.78 is 16.7. The first-order chi connectivity index (χ1) is 16.4. The lowest BCUT2D eigenvalue weighted by molar-refractivity contribution is -0.119. The number of aryl methyl sites for hydroxylation is 1. The lowest BCUT2D eigenvalue weighted by atomic mass is 10.1. The smallest absolute Gasteiger partial charge is 0.256 e. The van der Waals surface area contributed by atoms with Gasteiger partial charge in [0.2, 0.25) is 5.91 Å². The van der Waals surface area contributed by atoms with Gasteiger partial charge in [0.05, 0.1) is 16.9 Å². The third-order valence-electron chi connectivity index (χ3n) is 5.51. The summed E-state index contributed by atoms with van der Waals surface area (Å²) in [6.45, 7) is 4.55. The molecule has 0 saturated heterocycles. The van der Waals surface area contributed by atoms with E-state index in [0.717, 1.165) is 38.1 Å². The SMILES string of the molecule is CC(C)NC(=O)CSc1ccccc1C(=O)Nc1ccc(F)c(-c2nnc3n2CCCCC3)c1. The van der Waals surface area contributed by atoms with E-state index < -0.39 is 5.82 Å². The zero-order chi connectivity index (χ0) is 24.1. The molecule has 3 aromatic rings. The van der Waals surface area contributed by atoms with Crippen molar-refractivity contribution >= 4 is 29.3 Å². The van der Waals surface area contributed by atoms with E-state index in [-0.39, 0.29) is 23.6 Å². The fourth-order valence-corrected chi connectivity index (χ4v) is 4.81. The third-order valence-corrected chi connectivity index (χ3v) is 6.59. The number of fused-ring (bicyclic) bond motifs is 1. The number of nitrogens with zero attached hydrogens (tertiary/aromatic N) is 3. The molecular formula is C25H28FN5O2S. The molecule has 1 aromatic heterocycles. The van der Waals surface area contributed by atoms with Gasteiger partial charge < -0.3 is 15.2 Å². The predicted molar refractivity (Wildman–Crippen MR) is 131 cm³/mol. The quantitative estimate of drug-likeness (QED) is 0.479. The van der Waals surface area contributed by atoms with Crippen molar-refractivity contribution < 1.29 is 14.0 Å². The molecule has 9 heteroatoms. The van der Waals surface area contributed by atoms with Gasteiger partial charge in [-0.1, -0.05) is 18.6 Å². The van der Waals surface area contributed by atoms with Gasteiger partial charge >= 0.3 is 0 Å². The lowest BCUT2D eigenvalue weighted by Crippen LogP contribution is -2.31. The molecule has 0 fully saturated rings. The second kappa shape index (κ2) is 10.8. The fraction of sp³-hybridized carbons (Fsp3) is 0.360. The van der Waals surface area contributed by atoms with Crippen LogP contribution in [0.5, 0.6) is 0 Å². The fourth-order valence-electron chi connectivity index (χ4n) is 3.94. The number of halogens is 1. The molecule has 34 heavy (non-hydrogen) atoms. The van der Waals surface area contributed by atoms with Crippen molar-refractivity contribution in [1.82, 2.24) is 20.1 Å². The van der Waals surface area contributed by atoms with Crippen molar-refractivity contribution in [1.29, 1.82) is 0 Å². The van der Waals surface area contributed by atoms with Gasteiger partial charge in [-0.3, -0.25) is 9.59 Å². The summed E-state index contributed by atoms with van der Waals surface area (Å²) in [5.41, 5.74) is 1.23. The minimum Gasteiger partial charge on any atom is -0.353 e. The maximum Gasteiger partial charge on any atom is 0.256 e. The molecule has 7 nitrogen and oxygen atoms in total. The van der Waals surface area contributed by atoms with E-state index >= 15 is 0 Å². The van der Waals surface area contributed by atoms with Gasteiger partial charge in [0.1, 0.15) is 11.6 Å². The van der Waals surface area contributed by atoms with Crippen LogP contribution in [-0.2, 0) is 17.8 Å². The summed E-state index contributed by atoms with van der Waals surface area (Å²) in [5, 5.41) is 14.2. The minimum atomic E-state index is -0.412. The van der Waals surface area contributed by atoms with Crippen molar-refractivity contribution in [2.45, 2.75) is 57.0 Å². The third kappa shape index (κ3) is 5.64. The highest BCUT2D eigenvalue weighted by atomic mass is 32.2. The van der Waals surface area contributed by atoms with Crippen LogP contribution in [0.15, 0.2) is 47.4 Å². The molecule has 2 heterocycles. The second-order valence-corrected chi connectivity index (χ2v) is 9.58. The minimum absolute atomic E-state index is 0.0552. The molecule has 1 aliphatic rings. The first-order valence-corrected chi connectivity index (χ1v) is 12.5. The Kier molecular flexibility index (Phi) is 7.62. The van der Waals surface area contributed by atoms with Crippen LogP contribution < -0.4 is 10.6 Å². The van der Waals surface area contributed by atoms with Crippen LogP contribution in [0.3, 0.4) is 0 Å². The summed E-state index contributed by atoms with van der Waals surface area (Å²) in [7, 11) is 0. The number of rotatable bonds is 7. The number of hydrogen-bond acceptors (Lipinski definition) is 5. The Balaban J connectivity index is 1.53. The molecule has 0 saturated carbocycles. The van der Waals surface area contributed by atoms with E-state index in [1.165, 1.54) is 23.9 Å². The van der Waals surface area contributed by atoms with Gasteiger partial charge in [-0.25, -0.2) is 4.39 Å². The Morgan fingerprint density at radius 1 is 1.12 bits per heavy atom. The summed E-state index contributed by atoms with van der Waals surface area (Å²) in [4.78, 5) is 25.8. The van der Waals surface area contributed by atoms with Gasteiger partial charge in [-0.2, -0.15) is 0 Å². The molecule has 0 bridgehead atoms. The number of carbonyl (C=O) groups is 2. The normalized spacial score (nSPS) is 13.3. The van der Waals surface area contributed by atoms with Crippen molar-refractivity contribution in [3.63, 3.8) is 0 Å². The maximum atomic E-state index is 14.8. The second-order valence-electron chi connectivity index (χ2n) is 8.56. The summed E-state index contributed by atoms with van der Waals surface area (Å²) >= 11 is 1.30. The Morgan fingerprint density at radius 3 is 2.76 bits per heavy atom. The Morgan fingerprint density at radius 2 is 1.94 bits per heavy atom. The van der Waals surface area contributed by atoms with Crippen molar-refractivity contribution in [3.8, 4) is 11.4 Å². The first-order valence-electron chi connectivity index (χ1n) is 11.5. The Bertz CT molecular complexity index is 1190. The lowest BCUT2D eigenvalue weighted by Gasteiger charge is -2.13. The number of amides is 2. The highest BCUT2D eigenvalue weighted by Gasteiger charge is 2.20. The van der Waals surface area contributed by atoms with E-state index in [0.29, 0.717) is 27.5 Å². The molecule has 0 spiro atoms. The molecule has 1 aliphatic heterocycles. The van der Waals surface area contributed by atoms with Crippen LogP contribution in [0.25, 0.3) is 11.4 Å². The van der Waals surface area contributed by atoms with Crippen LogP contribution >= 0.6 is 11.8 Å². The largest absolute Gasteiger partial charge is 0.353 e. The molecule has 4 rings (SSSR count). The zero-order valence-electron chi connectivity index (χ0n) is 19.3. The number of aromatic nitrogens is 3. The number of carbonyl (C=O) groups excluding carboxylic acids is 2. The first kappa shape index (κ1) is 23.9. The Hall–Kier alpha value is -3.20. The molecule has 0 unspecified atom stereocenters. The standard InChI is InChI=1S/C25H28FN5O2S/c1-16(2)27-23(32)15-34-21-9-6-5-8-18(21)25(33)28-17-11-12-20(26)19(14-17)24-30-29-22-10-4-3-7-13-31(22)24/h5-6,8-9,11-12,14,16H,3-4,7,10,13,15H2,1-2H3,(H,27,32)(H,28,33). The molecule has 178 valence electrons. The molecular weight excluding hydrogens is 453 g/mol. The average Bonchev–Trinajstić information content (AvgIpc) is 3.06. The van der Waals surface area contributed by atoms with Gasteiger partial charge in [-0.05, 0) is 57.0 Å². The van der Waals surface area contributed by atoms with Crippen LogP contribution in [0.1, 0.15) is 49.3 Å². The average molecular weight is 482 g/mol. The van der Waals surface area contributed by atoms with Crippen LogP contribution in [-0.4, -0.2) is 38.4 Å². The molecule has 0 aliphatic carbocycles. The van der Waals surface area contributed by atoms with E-state index in [4.69, 9.17) is 0 Å². The maximum absolute atomic E-state index is 14.8. The number of benzene rings is 2. The topological polar surface area (TPSA) is 88.9 Å². The van der Waals surface area contributed by atoms with Crippen molar-refractivity contribution in [3.05, 3.63) is 59.7 Å². The van der Waals surface area contributed by atoms with E-state index in [9.17, 15) is 14.0 Å². The summed E-state index contributed by atoms with van der Waals surface area (Å²) in [6.07, 6.45) is 3.99. The monoisotopic (exact) mass is 481 g/mol. The van der Waals surface area contributed by atoms with Gasteiger partial charge in [0, 0.05) is 29.6 Å². The van der Waals surface area contributed by atoms with Crippen LogP contribution in [0, 0.1) is 5.82 Å². The molecule has 2 N–H and O–H groups in total. The molecule has 2 aromatic carbocycles. The highest BCUT2D eigenvalue weighted by molar-refractivity contribution is 8.00. The van der Waals surface area contributed by atoms with Crippen LogP contribution in [0.2, 0.25) is 0 Å². The highest BCUT2D eigenvalue weighted by Crippen LogP contribution is 2.29. The number of thioether (sulfide) groups is 1. The molecule has 0 atom stereocenters. The zero-order valence-corrected chi connectivity index (χ0v) is 20.1. The van der Waals surface area contributed by atoms with Gasteiger partial charge in [-0.15, -0.1) is 22.0 Å². The van der Waals surface area contributed by atoms with Gasteiger partial charge in [0.15, 0.2) is 5.82 Å². The Labute approximate surface area is 202 Å². The van der Waals surface area contributed by atoms with Gasteiger partial charge in [0.25, 0.3) is 5.91 Å². The summed E-state index contributed by atoms with van der Waals surface area (Å²) in [6, 6.07) is 11.6.